The van der Waals surface area contributed by atoms with E-state index in [1.807, 2.05) is 36.5 Å². The van der Waals surface area contributed by atoms with Crippen LogP contribution in [0.2, 0.25) is 25.7 Å². The number of nitrogens with zero attached hydrogens (tertiary/aromatic N) is 2. The van der Waals surface area contributed by atoms with E-state index in [2.05, 4.69) is 35.6 Å². The van der Waals surface area contributed by atoms with Crippen LogP contribution in [0.15, 0.2) is 48.7 Å². The number of halogens is 1. The zero-order chi connectivity index (χ0) is 26.6. The summed E-state index contributed by atoms with van der Waals surface area (Å²) in [5.41, 5.74) is 2.83. The molecule has 1 atom stereocenters. The number of carbonyl (C=O) groups excluding carboxylic acids is 2. The number of anilines is 1. The van der Waals surface area contributed by atoms with Crippen molar-refractivity contribution in [3.8, 4) is 11.5 Å². The van der Waals surface area contributed by atoms with Gasteiger partial charge in [0, 0.05) is 38.7 Å². The minimum Gasteiger partial charge on any atom is -0.493 e. The van der Waals surface area contributed by atoms with Gasteiger partial charge in [0.15, 0.2) is 11.5 Å². The molecule has 7 nitrogen and oxygen atoms in total. The number of methoxy groups -OCH3 is 1. The molecule has 198 valence electrons. The molecule has 0 saturated carbocycles. The topological polar surface area (TPSA) is 68.3 Å². The molecule has 0 fully saturated rings. The van der Waals surface area contributed by atoms with Crippen molar-refractivity contribution in [1.29, 1.82) is 0 Å². The molecule has 0 N–H and O–H groups in total. The number of carbonyl (C=O) groups is 2. The maximum atomic E-state index is 14.0. The molecule has 0 saturated heterocycles. The van der Waals surface area contributed by atoms with Crippen LogP contribution in [0.3, 0.4) is 0 Å². The Morgan fingerprint density at radius 2 is 1.81 bits per heavy atom. The van der Waals surface area contributed by atoms with Gasteiger partial charge in [-0.25, -0.2) is 0 Å². The smallest absolute Gasteiger partial charge is 0.260 e. The molecule has 0 radical (unpaired) electrons. The van der Waals surface area contributed by atoms with Gasteiger partial charge < -0.3 is 19.1 Å². The second kappa shape index (κ2) is 11.8. The average molecular weight is 588 g/mol. The van der Waals surface area contributed by atoms with Crippen LogP contribution in [0.5, 0.6) is 11.5 Å². The van der Waals surface area contributed by atoms with Gasteiger partial charge in [-0.05, 0) is 29.7 Å². The van der Waals surface area contributed by atoms with Gasteiger partial charge in [0.05, 0.1) is 25.0 Å². The fraction of sp³-hybridized carbons (Fsp3) is 0.429. The standard InChI is InChI=1S/C28H35BrN2O5Si/c1-34-25-16-22-23(17-26(25)36-12-8-11-29)31(19-35-13-14-37(2,3)4)28(33)24-15-21(18-30(24)27(22)32)20-9-6-5-7-10-20/h5-7,9-10,16-18,24H,8,11-15,19H2,1-4H3/t24-/m0/s1. The summed E-state index contributed by atoms with van der Waals surface area (Å²) in [6.45, 7) is 7.98. The van der Waals surface area contributed by atoms with Crippen LogP contribution in [-0.2, 0) is 9.53 Å². The van der Waals surface area contributed by atoms with Gasteiger partial charge in [-0.15, -0.1) is 0 Å². The minimum atomic E-state index is -1.30. The summed E-state index contributed by atoms with van der Waals surface area (Å²) < 4.78 is 17.6. The highest BCUT2D eigenvalue weighted by molar-refractivity contribution is 9.09. The molecule has 4 rings (SSSR count). The zero-order valence-electron chi connectivity index (χ0n) is 22.0. The molecule has 0 aliphatic carbocycles. The fourth-order valence-corrected chi connectivity index (χ4v) is 5.41. The van der Waals surface area contributed by atoms with Crippen LogP contribution < -0.4 is 14.4 Å². The lowest BCUT2D eigenvalue weighted by Crippen LogP contribution is -2.45. The Balaban J connectivity index is 1.72. The van der Waals surface area contributed by atoms with Crippen molar-refractivity contribution in [3.05, 3.63) is 59.8 Å². The van der Waals surface area contributed by atoms with Gasteiger partial charge in [-0.3, -0.25) is 14.5 Å². The quantitative estimate of drug-likeness (QED) is 0.190. The molecule has 0 spiro atoms. The maximum Gasteiger partial charge on any atom is 0.260 e. The van der Waals surface area contributed by atoms with Crippen LogP contribution in [0.4, 0.5) is 5.69 Å². The summed E-state index contributed by atoms with van der Waals surface area (Å²) in [5.74, 6) is 0.546. The van der Waals surface area contributed by atoms with E-state index in [9.17, 15) is 9.59 Å². The van der Waals surface area contributed by atoms with E-state index < -0.39 is 14.1 Å². The van der Waals surface area contributed by atoms with E-state index in [0.29, 0.717) is 42.4 Å². The highest BCUT2D eigenvalue weighted by Crippen LogP contribution is 2.41. The summed E-state index contributed by atoms with van der Waals surface area (Å²) >= 11 is 3.42. The van der Waals surface area contributed by atoms with E-state index in [4.69, 9.17) is 14.2 Å². The van der Waals surface area contributed by atoms with Crippen LogP contribution in [0.25, 0.3) is 5.57 Å². The van der Waals surface area contributed by atoms with Gasteiger partial charge in [0.25, 0.3) is 11.8 Å². The molecule has 2 amide bonds. The molecule has 0 bridgehead atoms. The molecule has 0 aromatic heterocycles. The van der Waals surface area contributed by atoms with Crippen molar-refractivity contribution in [1.82, 2.24) is 4.90 Å². The number of amides is 2. The molecular weight excluding hydrogens is 552 g/mol. The normalized spacial score (nSPS) is 17.3. The molecule has 37 heavy (non-hydrogen) atoms. The molecule has 9 heteroatoms. The summed E-state index contributed by atoms with van der Waals surface area (Å²) in [5, 5.41) is 0.807. The summed E-state index contributed by atoms with van der Waals surface area (Å²) in [4.78, 5) is 31.0. The molecule has 2 aliphatic heterocycles. The van der Waals surface area contributed by atoms with Gasteiger partial charge in [-0.1, -0.05) is 65.9 Å². The van der Waals surface area contributed by atoms with Gasteiger partial charge in [0.1, 0.15) is 12.8 Å². The van der Waals surface area contributed by atoms with Crippen molar-refractivity contribution in [3.63, 3.8) is 0 Å². The minimum absolute atomic E-state index is 0.0712. The molecule has 2 aliphatic rings. The van der Waals surface area contributed by atoms with E-state index in [0.717, 1.165) is 28.9 Å². The second-order valence-electron chi connectivity index (χ2n) is 10.5. The Hall–Kier alpha value is -2.62. The molecule has 2 aromatic carbocycles. The number of hydrogen-bond acceptors (Lipinski definition) is 5. The van der Waals surface area contributed by atoms with Gasteiger partial charge in [0.2, 0.25) is 0 Å². The summed E-state index contributed by atoms with van der Waals surface area (Å²) in [6.07, 6.45) is 3.07. The first kappa shape index (κ1) is 27.4. The first-order valence-electron chi connectivity index (χ1n) is 12.6. The monoisotopic (exact) mass is 586 g/mol. The lowest BCUT2D eigenvalue weighted by molar-refractivity contribution is -0.122. The Morgan fingerprint density at radius 1 is 1.05 bits per heavy atom. The summed E-state index contributed by atoms with van der Waals surface area (Å²) in [7, 11) is 0.249. The lowest BCUT2D eigenvalue weighted by Gasteiger charge is -2.26. The number of hydrogen-bond donors (Lipinski definition) is 0. The highest BCUT2D eigenvalue weighted by atomic mass is 79.9. The zero-order valence-corrected chi connectivity index (χ0v) is 24.5. The maximum absolute atomic E-state index is 14.0. The molecule has 2 heterocycles. The third-order valence-corrected chi connectivity index (χ3v) is 8.79. The number of alkyl halides is 1. The first-order valence-corrected chi connectivity index (χ1v) is 17.4. The predicted molar refractivity (Wildman–Crippen MR) is 152 cm³/mol. The van der Waals surface area contributed by atoms with E-state index in [1.54, 1.807) is 29.0 Å². The number of fused-ring (bicyclic) bond motifs is 2. The second-order valence-corrected chi connectivity index (χ2v) is 16.9. The van der Waals surface area contributed by atoms with Crippen molar-refractivity contribution >= 4 is 47.1 Å². The van der Waals surface area contributed by atoms with Crippen LogP contribution in [0, 0.1) is 0 Å². The number of ether oxygens (including phenoxy) is 3. The van der Waals surface area contributed by atoms with Crippen LogP contribution in [0.1, 0.15) is 28.8 Å². The van der Waals surface area contributed by atoms with Crippen LogP contribution in [-0.4, -0.2) is 63.2 Å². The van der Waals surface area contributed by atoms with Gasteiger partial charge >= 0.3 is 0 Å². The largest absolute Gasteiger partial charge is 0.493 e. The average Bonchev–Trinajstić information content (AvgIpc) is 3.31. The number of rotatable bonds is 11. The van der Waals surface area contributed by atoms with Crippen LogP contribution >= 0.6 is 15.9 Å². The lowest BCUT2D eigenvalue weighted by atomic mass is 10.0. The Kier molecular flexibility index (Phi) is 8.77. The Morgan fingerprint density at radius 3 is 2.49 bits per heavy atom. The van der Waals surface area contributed by atoms with Crippen molar-refractivity contribution < 1.29 is 23.8 Å². The fourth-order valence-electron chi connectivity index (χ4n) is 4.43. The first-order chi connectivity index (χ1) is 17.7. The molecule has 2 aromatic rings. The van der Waals surface area contributed by atoms with E-state index in [-0.39, 0.29) is 18.5 Å². The van der Waals surface area contributed by atoms with E-state index >= 15 is 0 Å². The van der Waals surface area contributed by atoms with Crippen molar-refractivity contribution in [2.24, 2.45) is 0 Å². The van der Waals surface area contributed by atoms with Crippen molar-refractivity contribution in [2.75, 3.05) is 37.3 Å². The molecular formula is C28H35BrN2O5Si. The Bertz CT molecular complexity index is 1170. The van der Waals surface area contributed by atoms with Gasteiger partial charge in [-0.2, -0.15) is 0 Å². The predicted octanol–water partition coefficient (Wildman–Crippen LogP) is 5.77. The highest BCUT2D eigenvalue weighted by Gasteiger charge is 2.43. The Labute approximate surface area is 228 Å². The third kappa shape index (κ3) is 6.27. The third-order valence-electron chi connectivity index (χ3n) is 6.53. The number of benzene rings is 2. The molecule has 0 unspecified atom stereocenters. The summed E-state index contributed by atoms with van der Waals surface area (Å²) in [6, 6.07) is 13.6. The van der Waals surface area contributed by atoms with Crippen molar-refractivity contribution in [2.45, 2.75) is 44.6 Å². The van der Waals surface area contributed by atoms with E-state index in [1.165, 1.54) is 0 Å². The SMILES string of the molecule is COc1cc2c(cc1OCCCBr)N(COCC[Si](C)(C)C)C(=O)[C@@H]1CC(c3ccccc3)=CN1C2=O.